The molecule has 1 aromatic carbocycles. The van der Waals surface area contributed by atoms with Gasteiger partial charge in [0.2, 0.25) is 11.8 Å². The first-order chi connectivity index (χ1) is 9.02. The van der Waals surface area contributed by atoms with Crippen LogP contribution in [0.15, 0.2) is 24.3 Å². The Labute approximate surface area is 111 Å². The molecule has 0 bridgehead atoms. The fourth-order valence-electron chi connectivity index (χ4n) is 2.16. The van der Waals surface area contributed by atoms with E-state index in [1.165, 1.54) is 7.05 Å². The third-order valence-electron chi connectivity index (χ3n) is 3.35. The van der Waals surface area contributed by atoms with E-state index in [2.05, 4.69) is 11.4 Å². The van der Waals surface area contributed by atoms with Gasteiger partial charge in [0.05, 0.1) is 24.1 Å². The summed E-state index contributed by atoms with van der Waals surface area (Å²) in [7, 11) is 1.49. The molecule has 98 valence electrons. The molecule has 2 unspecified atom stereocenters. The maximum Gasteiger partial charge on any atom is 0.246 e. The Balaban J connectivity index is 2.09. The topological polar surface area (TPSA) is 73.2 Å². The fraction of sp³-hybridized carbons (Fsp3) is 0.357. The number of carbonyl (C=O) groups is 2. The van der Waals surface area contributed by atoms with E-state index in [-0.39, 0.29) is 24.3 Å². The predicted octanol–water partition coefficient (Wildman–Crippen LogP) is 0.966. The first kappa shape index (κ1) is 13.2. The van der Waals surface area contributed by atoms with Crippen molar-refractivity contribution in [3.05, 3.63) is 35.4 Å². The molecule has 0 saturated carbocycles. The molecule has 5 heteroatoms. The third kappa shape index (κ3) is 2.64. The Morgan fingerprint density at radius 3 is 2.79 bits per heavy atom. The summed E-state index contributed by atoms with van der Waals surface area (Å²) in [4.78, 5) is 24.4. The summed E-state index contributed by atoms with van der Waals surface area (Å²) in [6.45, 7) is 1.91. The van der Waals surface area contributed by atoms with Gasteiger partial charge in [0.25, 0.3) is 0 Å². The summed E-state index contributed by atoms with van der Waals surface area (Å²) in [5.41, 5.74) is 1.51. The first-order valence-electron chi connectivity index (χ1n) is 6.09. The lowest BCUT2D eigenvalue weighted by molar-refractivity contribution is -0.137. The van der Waals surface area contributed by atoms with Crippen molar-refractivity contribution in [3.63, 3.8) is 0 Å². The van der Waals surface area contributed by atoms with E-state index < -0.39 is 6.04 Å². The smallest absolute Gasteiger partial charge is 0.246 e. The number of hydrogen-bond donors (Lipinski definition) is 1. The molecule has 1 aliphatic rings. The molecule has 19 heavy (non-hydrogen) atoms. The zero-order valence-corrected chi connectivity index (χ0v) is 10.9. The number of rotatable bonds is 3. The molecule has 2 amide bonds. The summed E-state index contributed by atoms with van der Waals surface area (Å²) in [5.74, 6) is -0.367. The normalized spacial score (nSPS) is 20.5. The minimum absolute atomic E-state index is 0.0958. The Kier molecular flexibility index (Phi) is 3.63. The molecule has 5 nitrogen and oxygen atoms in total. The maximum absolute atomic E-state index is 11.8. The zero-order chi connectivity index (χ0) is 14.0. The Morgan fingerprint density at radius 2 is 2.21 bits per heavy atom. The molecule has 2 atom stereocenters. The molecule has 1 fully saturated rings. The lowest BCUT2D eigenvalue weighted by Crippen LogP contribution is -2.38. The zero-order valence-electron chi connectivity index (χ0n) is 10.9. The molecule has 0 spiro atoms. The van der Waals surface area contributed by atoms with Crippen LogP contribution in [0.4, 0.5) is 0 Å². The highest BCUT2D eigenvalue weighted by molar-refractivity contribution is 6.05. The number of carbonyl (C=O) groups excluding carboxylic acids is 2. The van der Waals surface area contributed by atoms with Gasteiger partial charge in [-0.05, 0) is 24.6 Å². The number of hydrogen-bond acceptors (Lipinski definition) is 4. The average molecular weight is 257 g/mol. The van der Waals surface area contributed by atoms with Gasteiger partial charge in [-0.15, -0.1) is 0 Å². The van der Waals surface area contributed by atoms with Gasteiger partial charge < -0.3 is 0 Å². The number of nitrogens with one attached hydrogen (secondary N) is 1. The van der Waals surface area contributed by atoms with Gasteiger partial charge in [-0.25, -0.2) is 0 Å². The van der Waals surface area contributed by atoms with Crippen molar-refractivity contribution in [1.82, 2.24) is 10.2 Å². The van der Waals surface area contributed by atoms with E-state index in [0.29, 0.717) is 5.56 Å². The van der Waals surface area contributed by atoms with Crippen LogP contribution in [0.2, 0.25) is 0 Å². The van der Waals surface area contributed by atoms with E-state index in [1.807, 2.05) is 13.0 Å². The highest BCUT2D eigenvalue weighted by atomic mass is 16.2. The second kappa shape index (κ2) is 5.21. The van der Waals surface area contributed by atoms with Gasteiger partial charge in [0.1, 0.15) is 0 Å². The van der Waals surface area contributed by atoms with Gasteiger partial charge >= 0.3 is 0 Å². The number of benzene rings is 1. The summed E-state index contributed by atoms with van der Waals surface area (Å²) < 4.78 is 0. The minimum Gasteiger partial charge on any atom is -0.299 e. The molecule has 0 radical (unpaired) electrons. The standard InChI is InChI=1S/C14H15N3O2/c1-9(11-5-3-4-10(6-11)8-15)16-12-7-13(18)17(2)14(12)19/h3-6,9,12,16H,7H2,1-2H3. The number of likely N-dealkylation sites (tertiary alicyclic amines) is 1. The molecular weight excluding hydrogens is 242 g/mol. The molecule has 1 aromatic rings. The third-order valence-corrected chi connectivity index (χ3v) is 3.35. The van der Waals surface area contributed by atoms with Crippen LogP contribution in [0.5, 0.6) is 0 Å². The van der Waals surface area contributed by atoms with Crippen molar-refractivity contribution in [2.75, 3.05) is 7.05 Å². The molecule has 0 aromatic heterocycles. The van der Waals surface area contributed by atoms with Gasteiger partial charge in [-0.3, -0.25) is 19.8 Å². The van der Waals surface area contributed by atoms with Crippen LogP contribution in [0.1, 0.15) is 30.5 Å². The summed E-state index contributed by atoms with van der Waals surface area (Å²) in [6.07, 6.45) is 0.192. The number of likely N-dealkylation sites (N-methyl/N-ethyl adjacent to an activating group) is 1. The largest absolute Gasteiger partial charge is 0.299 e. The molecule has 0 aliphatic carbocycles. The van der Waals surface area contributed by atoms with Crippen LogP contribution in [-0.2, 0) is 9.59 Å². The van der Waals surface area contributed by atoms with Crippen molar-refractivity contribution < 1.29 is 9.59 Å². The van der Waals surface area contributed by atoms with Crippen molar-refractivity contribution in [1.29, 1.82) is 5.26 Å². The maximum atomic E-state index is 11.8. The van der Waals surface area contributed by atoms with Crippen molar-refractivity contribution in [2.45, 2.75) is 25.4 Å². The highest BCUT2D eigenvalue weighted by Gasteiger charge is 2.36. The van der Waals surface area contributed by atoms with Crippen molar-refractivity contribution in [3.8, 4) is 6.07 Å². The van der Waals surface area contributed by atoms with E-state index in [9.17, 15) is 9.59 Å². The van der Waals surface area contributed by atoms with Crippen LogP contribution in [0.3, 0.4) is 0 Å². The molecular formula is C14H15N3O2. The second-order valence-corrected chi connectivity index (χ2v) is 4.67. The molecule has 1 heterocycles. The van der Waals surface area contributed by atoms with Gasteiger partial charge in [-0.1, -0.05) is 12.1 Å². The van der Waals surface area contributed by atoms with Crippen molar-refractivity contribution >= 4 is 11.8 Å². The molecule has 2 rings (SSSR count). The SMILES string of the molecule is CC(NC1CC(=O)N(C)C1=O)c1cccc(C#N)c1. The Bertz CT molecular complexity index is 562. The number of imide groups is 1. The average Bonchev–Trinajstić information content (AvgIpc) is 2.66. The fourth-order valence-corrected chi connectivity index (χ4v) is 2.16. The van der Waals surface area contributed by atoms with E-state index in [1.54, 1.807) is 18.2 Å². The van der Waals surface area contributed by atoms with Crippen LogP contribution >= 0.6 is 0 Å². The van der Waals surface area contributed by atoms with Gasteiger partial charge in [0.15, 0.2) is 0 Å². The number of amides is 2. The van der Waals surface area contributed by atoms with E-state index in [4.69, 9.17) is 5.26 Å². The lowest BCUT2D eigenvalue weighted by atomic mass is 10.0. The highest BCUT2D eigenvalue weighted by Crippen LogP contribution is 2.18. The van der Waals surface area contributed by atoms with Gasteiger partial charge in [-0.2, -0.15) is 5.26 Å². The quantitative estimate of drug-likeness (QED) is 0.819. The van der Waals surface area contributed by atoms with Gasteiger partial charge in [0, 0.05) is 13.1 Å². The Morgan fingerprint density at radius 1 is 1.47 bits per heavy atom. The van der Waals surface area contributed by atoms with Crippen LogP contribution < -0.4 is 5.32 Å². The Hall–Kier alpha value is -2.19. The lowest BCUT2D eigenvalue weighted by Gasteiger charge is -2.18. The van der Waals surface area contributed by atoms with Crippen molar-refractivity contribution in [2.24, 2.45) is 0 Å². The second-order valence-electron chi connectivity index (χ2n) is 4.67. The van der Waals surface area contributed by atoms with E-state index >= 15 is 0 Å². The summed E-state index contributed by atoms with van der Waals surface area (Å²) >= 11 is 0. The van der Waals surface area contributed by atoms with Crippen LogP contribution in [0, 0.1) is 11.3 Å². The first-order valence-corrected chi connectivity index (χ1v) is 6.09. The van der Waals surface area contributed by atoms with E-state index in [0.717, 1.165) is 10.5 Å². The molecule has 1 N–H and O–H groups in total. The molecule has 1 saturated heterocycles. The van der Waals surface area contributed by atoms with Crippen LogP contribution in [0.25, 0.3) is 0 Å². The summed E-state index contributed by atoms with van der Waals surface area (Å²) in [5, 5.41) is 12.0. The summed E-state index contributed by atoms with van der Waals surface area (Å²) in [6, 6.07) is 8.72. The predicted molar refractivity (Wildman–Crippen MR) is 68.9 cm³/mol. The monoisotopic (exact) mass is 257 g/mol. The number of nitriles is 1. The minimum atomic E-state index is -0.474. The molecule has 1 aliphatic heterocycles. The number of nitrogens with zero attached hydrogens (tertiary/aromatic N) is 2. The van der Waals surface area contributed by atoms with Crippen LogP contribution in [-0.4, -0.2) is 29.8 Å².